The summed E-state index contributed by atoms with van der Waals surface area (Å²) in [5.74, 6) is 1.47. The fourth-order valence-corrected chi connectivity index (χ4v) is 8.37. The van der Waals surface area contributed by atoms with Gasteiger partial charge in [-0.25, -0.2) is 4.79 Å². The van der Waals surface area contributed by atoms with Crippen molar-refractivity contribution < 1.29 is 14.6 Å². The summed E-state index contributed by atoms with van der Waals surface area (Å²) >= 11 is 12.4. The first-order valence-corrected chi connectivity index (χ1v) is 16.1. The Balaban J connectivity index is 1.19. The quantitative estimate of drug-likeness (QED) is 0.268. The Hall–Kier alpha value is -2.76. The van der Waals surface area contributed by atoms with E-state index < -0.39 is 11.5 Å². The number of carboxylic acid groups (broad SMARTS) is 1. The van der Waals surface area contributed by atoms with Gasteiger partial charge >= 0.3 is 5.97 Å². The molecule has 1 heterocycles. The third kappa shape index (κ3) is 5.39. The minimum Gasteiger partial charge on any atom is -0.493 e. The maximum absolute atomic E-state index is 12.7. The normalized spacial score (nSPS) is 27.2. The zero-order valence-electron chi connectivity index (χ0n) is 24.5. The van der Waals surface area contributed by atoms with Crippen LogP contribution in [0.3, 0.4) is 0 Å². The van der Waals surface area contributed by atoms with Crippen LogP contribution in [0, 0.1) is 11.8 Å². The highest BCUT2D eigenvalue weighted by molar-refractivity contribution is 6.42. The second-order valence-corrected chi connectivity index (χ2v) is 13.8. The number of benzene rings is 2. The fourth-order valence-electron chi connectivity index (χ4n) is 8.07. The van der Waals surface area contributed by atoms with Crippen molar-refractivity contribution in [2.75, 3.05) is 11.9 Å². The Morgan fingerprint density at radius 1 is 1.12 bits per heavy atom. The van der Waals surface area contributed by atoms with E-state index in [9.17, 15) is 9.90 Å². The maximum atomic E-state index is 12.7. The van der Waals surface area contributed by atoms with Crippen molar-refractivity contribution in [3.63, 3.8) is 0 Å². The van der Waals surface area contributed by atoms with Crippen molar-refractivity contribution in [2.24, 2.45) is 11.8 Å². The summed E-state index contributed by atoms with van der Waals surface area (Å²) in [6.45, 7) is 5.25. The van der Waals surface area contributed by atoms with Crippen LogP contribution in [-0.2, 0) is 23.1 Å². The Kier molecular flexibility index (Phi) is 8.19. The maximum Gasteiger partial charge on any atom is 0.329 e. The van der Waals surface area contributed by atoms with Crippen molar-refractivity contribution in [2.45, 2.75) is 88.5 Å². The molecule has 0 unspecified atom stereocenters. The van der Waals surface area contributed by atoms with Gasteiger partial charge < -0.3 is 15.2 Å². The molecule has 3 aromatic rings. The predicted octanol–water partition coefficient (Wildman–Crippen LogP) is 8.85. The number of hydrogen-bond donors (Lipinski definition) is 2. The average Bonchev–Trinajstić information content (AvgIpc) is 3.27. The van der Waals surface area contributed by atoms with Crippen LogP contribution < -0.4 is 10.1 Å². The molecule has 0 aliphatic heterocycles. The Morgan fingerprint density at radius 2 is 1.90 bits per heavy atom. The molecule has 5 nitrogen and oxygen atoms in total. The number of ether oxygens (including phenoxy) is 1. The third-order valence-electron chi connectivity index (χ3n) is 10.3. The number of rotatable bonds is 8. The summed E-state index contributed by atoms with van der Waals surface area (Å²) in [5.41, 5.74) is 4.92. The molecule has 0 amide bonds. The first-order chi connectivity index (χ1) is 20.2. The molecular weight excluding hydrogens is 567 g/mol. The van der Waals surface area contributed by atoms with Crippen LogP contribution in [-0.4, -0.2) is 28.2 Å². The minimum atomic E-state index is -1.05. The zero-order chi connectivity index (χ0) is 29.5. The van der Waals surface area contributed by atoms with Gasteiger partial charge in [0.05, 0.1) is 16.7 Å². The molecule has 2 aromatic carbocycles. The van der Waals surface area contributed by atoms with E-state index in [2.05, 4.69) is 48.4 Å². The van der Waals surface area contributed by atoms with Gasteiger partial charge in [0, 0.05) is 23.1 Å². The molecule has 0 saturated heterocycles. The Labute approximate surface area is 259 Å². The summed E-state index contributed by atoms with van der Waals surface area (Å²) in [5, 5.41) is 14.7. The van der Waals surface area contributed by atoms with Gasteiger partial charge in [-0.1, -0.05) is 61.3 Å². The number of carbonyl (C=O) groups is 1. The summed E-state index contributed by atoms with van der Waals surface area (Å²) < 4.78 is 6.50. The summed E-state index contributed by atoms with van der Waals surface area (Å²) in [6, 6.07) is 16.1. The molecule has 3 aliphatic carbocycles. The van der Waals surface area contributed by atoms with E-state index in [0.29, 0.717) is 52.9 Å². The van der Waals surface area contributed by atoms with Crippen LogP contribution >= 0.6 is 23.2 Å². The number of nitrogens with one attached hydrogen (secondary N) is 1. The number of fused-ring (bicyclic) bond motifs is 3. The number of pyridine rings is 1. The van der Waals surface area contributed by atoms with Crippen molar-refractivity contribution in [3.8, 4) is 5.75 Å². The number of halogens is 2. The number of aliphatic carboxylic acids is 1. The molecule has 6 rings (SSSR count). The predicted molar refractivity (Wildman–Crippen MR) is 169 cm³/mol. The number of aryl methyl sites for hydroxylation is 1. The molecule has 3 aliphatic rings. The van der Waals surface area contributed by atoms with Gasteiger partial charge in [0.1, 0.15) is 11.3 Å². The van der Waals surface area contributed by atoms with Crippen LogP contribution in [0.5, 0.6) is 5.75 Å². The molecular formula is C35H40Cl2N2O3. The smallest absolute Gasteiger partial charge is 0.329 e. The van der Waals surface area contributed by atoms with Crippen LogP contribution in [0.15, 0.2) is 54.7 Å². The van der Waals surface area contributed by atoms with Crippen LogP contribution in [0.2, 0.25) is 10.0 Å². The van der Waals surface area contributed by atoms with Gasteiger partial charge in [-0.2, -0.15) is 0 Å². The van der Waals surface area contributed by atoms with Gasteiger partial charge in [0.25, 0.3) is 0 Å². The molecule has 0 radical (unpaired) electrons. The topological polar surface area (TPSA) is 71.5 Å². The first kappa shape index (κ1) is 29.3. The van der Waals surface area contributed by atoms with E-state index in [0.717, 1.165) is 37.9 Å². The second kappa shape index (κ2) is 11.7. The third-order valence-corrected chi connectivity index (χ3v) is 11.0. The average molecular weight is 608 g/mol. The van der Waals surface area contributed by atoms with Crippen molar-refractivity contribution >= 4 is 34.9 Å². The first-order valence-electron chi connectivity index (χ1n) is 15.4. The number of nitrogens with zero attached hydrogens (tertiary/aromatic N) is 1. The largest absolute Gasteiger partial charge is 0.493 e. The number of carboxylic acids is 1. The summed E-state index contributed by atoms with van der Waals surface area (Å²) in [7, 11) is 0. The van der Waals surface area contributed by atoms with Crippen molar-refractivity contribution in [3.05, 3.63) is 87.2 Å². The molecule has 7 heteroatoms. The number of hydrogen-bond acceptors (Lipinski definition) is 4. The van der Waals surface area contributed by atoms with E-state index in [1.807, 2.05) is 12.3 Å². The molecule has 1 saturated carbocycles. The molecule has 0 bridgehead atoms. The summed E-state index contributed by atoms with van der Waals surface area (Å²) in [4.78, 5) is 17.4. The Bertz CT molecular complexity index is 1470. The molecule has 3 atom stereocenters. The fraction of sp³-hybridized carbons (Fsp3) is 0.486. The van der Waals surface area contributed by atoms with E-state index in [4.69, 9.17) is 27.9 Å². The van der Waals surface area contributed by atoms with Gasteiger partial charge in [-0.3, -0.25) is 4.98 Å². The lowest BCUT2D eigenvalue weighted by molar-refractivity contribution is -0.144. The second-order valence-electron chi connectivity index (χ2n) is 13.0. The molecule has 222 valence electrons. The minimum absolute atomic E-state index is 0.0343. The van der Waals surface area contributed by atoms with Crippen LogP contribution in [0.4, 0.5) is 5.69 Å². The van der Waals surface area contributed by atoms with Gasteiger partial charge in [0.2, 0.25) is 0 Å². The van der Waals surface area contributed by atoms with E-state index in [1.54, 1.807) is 18.2 Å². The molecule has 1 aromatic heterocycles. The van der Waals surface area contributed by atoms with Gasteiger partial charge in [0.15, 0.2) is 0 Å². The standard InChI is InChI=1S/C35H40Cl2N2O3/c1-22(21-42-31-12-17-38-30-9-5-6-23(2)32(30)31)18-25-19-24-7-3-4-8-27(24)34(25)13-15-35(16-14-34,33(40)41)39-26-10-11-28(36)29(37)20-26/h3-4,7-8,10-12,17,20,22-23,25,39H,5-6,9,13-16,18-19,21H2,1-2H3,(H,40,41)/t22-,23-,25+,34?,35?/m1/s1. The molecule has 42 heavy (non-hydrogen) atoms. The van der Waals surface area contributed by atoms with E-state index in [-0.39, 0.29) is 5.41 Å². The van der Waals surface area contributed by atoms with Crippen molar-refractivity contribution in [1.82, 2.24) is 4.98 Å². The zero-order valence-corrected chi connectivity index (χ0v) is 26.0. The van der Waals surface area contributed by atoms with Crippen molar-refractivity contribution in [1.29, 1.82) is 0 Å². The lowest BCUT2D eigenvalue weighted by Gasteiger charge is -2.47. The molecule has 1 fully saturated rings. The van der Waals surface area contributed by atoms with E-state index in [1.165, 1.54) is 35.2 Å². The van der Waals surface area contributed by atoms with E-state index >= 15 is 0 Å². The van der Waals surface area contributed by atoms with Crippen LogP contribution in [0.25, 0.3) is 0 Å². The SMILES string of the molecule is C[C@@H](COc1ccnc2c1[C@H](C)CCC2)C[C@H]1Cc2ccccc2C12CCC(Nc1ccc(Cl)c(Cl)c1)(C(=O)O)CC2. The lowest BCUT2D eigenvalue weighted by atomic mass is 9.59. The Morgan fingerprint density at radius 3 is 2.67 bits per heavy atom. The highest BCUT2D eigenvalue weighted by atomic mass is 35.5. The monoisotopic (exact) mass is 606 g/mol. The highest BCUT2D eigenvalue weighted by Crippen LogP contribution is 2.56. The molecule has 2 N–H and O–H groups in total. The highest BCUT2D eigenvalue weighted by Gasteiger charge is 2.54. The molecule has 1 spiro atoms. The van der Waals surface area contributed by atoms with Crippen LogP contribution in [0.1, 0.15) is 87.1 Å². The lowest BCUT2D eigenvalue weighted by Crippen LogP contribution is -2.53. The number of aromatic nitrogens is 1. The van der Waals surface area contributed by atoms with Gasteiger partial charge in [-0.15, -0.1) is 0 Å². The number of anilines is 1. The summed E-state index contributed by atoms with van der Waals surface area (Å²) in [6.07, 6.45) is 10.1. The van der Waals surface area contributed by atoms with Gasteiger partial charge in [-0.05, 0) is 116 Å².